The molecular formula is C26H28N2O5. The number of nitrogens with zero attached hydrogens (tertiary/aromatic N) is 1. The predicted molar refractivity (Wildman–Crippen MR) is 122 cm³/mol. The first-order valence-electron chi connectivity index (χ1n) is 11.7. The summed E-state index contributed by atoms with van der Waals surface area (Å²) in [4.78, 5) is 38.3. The summed E-state index contributed by atoms with van der Waals surface area (Å²) < 4.78 is 5.67. The Morgan fingerprint density at radius 1 is 0.939 bits per heavy atom. The van der Waals surface area contributed by atoms with Crippen LogP contribution in [0.2, 0.25) is 0 Å². The maximum Gasteiger partial charge on any atom is 0.407 e. The zero-order valence-electron chi connectivity index (χ0n) is 18.4. The monoisotopic (exact) mass is 448 g/mol. The van der Waals surface area contributed by atoms with Gasteiger partial charge in [0, 0.05) is 25.0 Å². The fraction of sp³-hybridized carbons (Fsp3) is 0.423. The fourth-order valence-electron chi connectivity index (χ4n) is 5.44. The van der Waals surface area contributed by atoms with Crippen LogP contribution in [0.15, 0.2) is 48.5 Å². The van der Waals surface area contributed by atoms with E-state index in [1.807, 2.05) is 24.3 Å². The SMILES string of the molecule is O=C(N[C@H]1CCCC[C@H]1C(=O)N1CC(C(=O)O)C1)OCC1c2ccccc2-c2ccccc21. The van der Waals surface area contributed by atoms with Crippen LogP contribution in [0.25, 0.3) is 11.1 Å². The van der Waals surface area contributed by atoms with Crippen molar-refractivity contribution >= 4 is 18.0 Å². The Morgan fingerprint density at radius 3 is 2.18 bits per heavy atom. The number of hydrogen-bond donors (Lipinski definition) is 2. The molecule has 2 aromatic carbocycles. The molecule has 0 bridgehead atoms. The number of nitrogens with one attached hydrogen (secondary N) is 1. The second-order valence-corrected chi connectivity index (χ2v) is 9.25. The lowest BCUT2D eigenvalue weighted by molar-refractivity contribution is -0.155. The second kappa shape index (κ2) is 8.89. The van der Waals surface area contributed by atoms with E-state index in [0.29, 0.717) is 6.42 Å². The van der Waals surface area contributed by atoms with E-state index in [-0.39, 0.29) is 43.5 Å². The van der Waals surface area contributed by atoms with Crippen LogP contribution >= 0.6 is 0 Å². The third-order valence-corrected chi connectivity index (χ3v) is 7.27. The van der Waals surface area contributed by atoms with Crippen molar-refractivity contribution < 1.29 is 24.2 Å². The van der Waals surface area contributed by atoms with Gasteiger partial charge in [0.1, 0.15) is 6.61 Å². The van der Waals surface area contributed by atoms with Crippen molar-refractivity contribution in [3.8, 4) is 11.1 Å². The van der Waals surface area contributed by atoms with Crippen LogP contribution in [0.3, 0.4) is 0 Å². The van der Waals surface area contributed by atoms with Gasteiger partial charge in [0.25, 0.3) is 0 Å². The van der Waals surface area contributed by atoms with E-state index in [0.717, 1.165) is 30.4 Å². The molecule has 2 aliphatic carbocycles. The van der Waals surface area contributed by atoms with Crippen LogP contribution in [0, 0.1) is 11.8 Å². The number of carboxylic acid groups (broad SMARTS) is 1. The smallest absolute Gasteiger partial charge is 0.407 e. The largest absolute Gasteiger partial charge is 0.481 e. The van der Waals surface area contributed by atoms with Crippen LogP contribution in [0.5, 0.6) is 0 Å². The van der Waals surface area contributed by atoms with Crippen LogP contribution in [-0.4, -0.2) is 53.7 Å². The van der Waals surface area contributed by atoms with Gasteiger partial charge < -0.3 is 20.1 Å². The highest BCUT2D eigenvalue weighted by atomic mass is 16.5. The zero-order valence-corrected chi connectivity index (χ0v) is 18.4. The average molecular weight is 449 g/mol. The summed E-state index contributed by atoms with van der Waals surface area (Å²) in [6, 6.07) is 16.1. The van der Waals surface area contributed by atoms with Gasteiger partial charge in [0.05, 0.1) is 11.8 Å². The predicted octanol–water partition coefficient (Wildman–Crippen LogP) is 3.63. The number of hydrogen-bond acceptors (Lipinski definition) is 4. The molecule has 7 heteroatoms. The zero-order chi connectivity index (χ0) is 22.9. The van der Waals surface area contributed by atoms with Gasteiger partial charge in [-0.3, -0.25) is 9.59 Å². The number of carbonyl (C=O) groups is 3. The molecule has 5 rings (SSSR count). The van der Waals surface area contributed by atoms with Crippen LogP contribution < -0.4 is 5.32 Å². The average Bonchev–Trinajstić information content (AvgIpc) is 3.10. The van der Waals surface area contributed by atoms with E-state index in [1.54, 1.807) is 4.90 Å². The van der Waals surface area contributed by atoms with Crippen molar-refractivity contribution in [3.63, 3.8) is 0 Å². The van der Waals surface area contributed by atoms with Crippen molar-refractivity contribution in [1.29, 1.82) is 0 Å². The molecule has 172 valence electrons. The highest BCUT2D eigenvalue weighted by molar-refractivity contribution is 5.84. The molecule has 3 aliphatic rings. The molecule has 1 heterocycles. The van der Waals surface area contributed by atoms with Crippen LogP contribution in [-0.2, 0) is 14.3 Å². The van der Waals surface area contributed by atoms with E-state index in [2.05, 4.69) is 29.6 Å². The minimum atomic E-state index is -0.865. The number of benzene rings is 2. The number of alkyl carbamates (subject to hydrolysis) is 1. The minimum Gasteiger partial charge on any atom is -0.481 e. The lowest BCUT2D eigenvalue weighted by Gasteiger charge is -2.41. The van der Waals surface area contributed by atoms with Crippen molar-refractivity contribution in [1.82, 2.24) is 10.2 Å². The molecule has 33 heavy (non-hydrogen) atoms. The summed E-state index contributed by atoms with van der Waals surface area (Å²) in [5, 5.41) is 12.0. The van der Waals surface area contributed by atoms with Gasteiger partial charge in [-0.1, -0.05) is 61.4 Å². The van der Waals surface area contributed by atoms with Gasteiger partial charge in [-0.15, -0.1) is 0 Å². The summed E-state index contributed by atoms with van der Waals surface area (Å²) in [7, 11) is 0. The molecule has 1 saturated carbocycles. The topological polar surface area (TPSA) is 95.9 Å². The van der Waals surface area contributed by atoms with Gasteiger partial charge in [0.15, 0.2) is 0 Å². The highest BCUT2D eigenvalue weighted by Crippen LogP contribution is 2.44. The van der Waals surface area contributed by atoms with E-state index < -0.39 is 18.0 Å². The number of aliphatic carboxylic acids is 1. The molecule has 2 aromatic rings. The first-order chi connectivity index (χ1) is 16.0. The van der Waals surface area contributed by atoms with Crippen LogP contribution in [0.1, 0.15) is 42.7 Å². The Morgan fingerprint density at radius 2 is 1.55 bits per heavy atom. The molecule has 2 fully saturated rings. The lowest BCUT2D eigenvalue weighted by atomic mass is 9.82. The number of amides is 2. The summed E-state index contributed by atoms with van der Waals surface area (Å²) >= 11 is 0. The standard InChI is InChI=1S/C26H28N2O5/c29-24(28-13-16(14-28)25(30)31)21-11-5-6-12-23(21)27-26(32)33-15-22-19-9-3-1-7-17(19)18-8-2-4-10-20(18)22/h1-4,7-10,16,21-23H,5-6,11-15H2,(H,27,32)(H,30,31)/t21-,23+/m1/s1. The molecule has 2 amide bonds. The number of ether oxygens (including phenoxy) is 1. The molecular weight excluding hydrogens is 420 g/mol. The lowest BCUT2D eigenvalue weighted by Crippen LogP contribution is -2.58. The van der Waals surface area contributed by atoms with E-state index in [1.165, 1.54) is 11.1 Å². The first-order valence-corrected chi connectivity index (χ1v) is 11.7. The molecule has 1 saturated heterocycles. The molecule has 0 unspecified atom stereocenters. The van der Waals surface area contributed by atoms with Gasteiger partial charge in [-0.25, -0.2) is 4.79 Å². The van der Waals surface area contributed by atoms with Crippen molar-refractivity contribution in [2.24, 2.45) is 11.8 Å². The molecule has 7 nitrogen and oxygen atoms in total. The van der Waals surface area contributed by atoms with Gasteiger partial charge >= 0.3 is 12.1 Å². The second-order valence-electron chi connectivity index (χ2n) is 9.25. The third-order valence-electron chi connectivity index (χ3n) is 7.27. The quantitative estimate of drug-likeness (QED) is 0.728. The molecule has 0 aromatic heterocycles. The van der Waals surface area contributed by atoms with E-state index in [4.69, 9.17) is 9.84 Å². The van der Waals surface area contributed by atoms with Crippen molar-refractivity contribution in [3.05, 3.63) is 59.7 Å². The first kappa shape index (κ1) is 21.5. The Balaban J connectivity index is 1.21. The summed E-state index contributed by atoms with van der Waals surface area (Å²) in [6.07, 6.45) is 2.78. The number of carbonyl (C=O) groups excluding carboxylic acids is 2. The van der Waals surface area contributed by atoms with Gasteiger partial charge in [-0.05, 0) is 35.1 Å². The molecule has 2 atom stereocenters. The Labute approximate surface area is 192 Å². The number of fused-ring (bicyclic) bond motifs is 3. The molecule has 0 spiro atoms. The Kier molecular flexibility index (Phi) is 5.79. The number of rotatable bonds is 5. The van der Waals surface area contributed by atoms with Gasteiger partial charge in [-0.2, -0.15) is 0 Å². The molecule has 0 radical (unpaired) electrons. The third kappa shape index (κ3) is 4.08. The maximum atomic E-state index is 12.9. The van der Waals surface area contributed by atoms with E-state index in [9.17, 15) is 14.4 Å². The normalized spacial score (nSPS) is 22.1. The number of carboxylic acids is 1. The molecule has 1 aliphatic heterocycles. The highest BCUT2D eigenvalue weighted by Gasteiger charge is 2.41. The fourth-order valence-corrected chi connectivity index (χ4v) is 5.44. The Bertz CT molecular complexity index is 1030. The van der Waals surface area contributed by atoms with Crippen LogP contribution in [0.4, 0.5) is 4.79 Å². The van der Waals surface area contributed by atoms with Crippen molar-refractivity contribution in [2.75, 3.05) is 19.7 Å². The summed E-state index contributed by atoms with van der Waals surface area (Å²) in [5.74, 6) is -1.74. The maximum absolute atomic E-state index is 12.9. The summed E-state index contributed by atoms with van der Waals surface area (Å²) in [5.41, 5.74) is 4.66. The van der Waals surface area contributed by atoms with Gasteiger partial charge in [0.2, 0.25) is 5.91 Å². The van der Waals surface area contributed by atoms with E-state index >= 15 is 0 Å². The number of likely N-dealkylation sites (tertiary alicyclic amines) is 1. The minimum absolute atomic E-state index is 0.0130. The van der Waals surface area contributed by atoms with Crippen molar-refractivity contribution in [2.45, 2.75) is 37.6 Å². The Hall–Kier alpha value is -3.35. The summed E-state index contributed by atoms with van der Waals surface area (Å²) in [6.45, 7) is 0.738. The molecule has 2 N–H and O–H groups in total.